The molecule has 1 heterocycles. The van der Waals surface area contributed by atoms with E-state index in [1.807, 2.05) is 0 Å². The van der Waals surface area contributed by atoms with Crippen molar-refractivity contribution < 1.29 is 9.90 Å². The van der Waals surface area contributed by atoms with E-state index in [4.69, 9.17) is 0 Å². The highest BCUT2D eigenvalue weighted by Crippen LogP contribution is 2.35. The Morgan fingerprint density at radius 1 is 1.44 bits per heavy atom. The SMILES string of the molecule is Cn1c(SC2CCCCCC2C(=O)O)n[nH]c1=O. The van der Waals surface area contributed by atoms with Crippen molar-refractivity contribution in [3.63, 3.8) is 0 Å². The molecule has 0 saturated heterocycles. The summed E-state index contributed by atoms with van der Waals surface area (Å²) in [6.45, 7) is 0. The van der Waals surface area contributed by atoms with Gasteiger partial charge in [-0.1, -0.05) is 31.0 Å². The molecule has 1 aliphatic carbocycles. The molecule has 6 nitrogen and oxygen atoms in total. The van der Waals surface area contributed by atoms with Crippen LogP contribution in [0.3, 0.4) is 0 Å². The first kappa shape index (κ1) is 13.2. The fourth-order valence-electron chi connectivity index (χ4n) is 2.27. The van der Waals surface area contributed by atoms with Gasteiger partial charge in [0.15, 0.2) is 5.16 Å². The molecule has 18 heavy (non-hydrogen) atoms. The number of aromatic amines is 1. The van der Waals surface area contributed by atoms with Crippen LogP contribution in [0.4, 0.5) is 0 Å². The number of aromatic nitrogens is 3. The van der Waals surface area contributed by atoms with E-state index < -0.39 is 5.97 Å². The van der Waals surface area contributed by atoms with Crippen molar-refractivity contribution in [1.29, 1.82) is 0 Å². The first-order valence-electron chi connectivity index (χ1n) is 6.10. The van der Waals surface area contributed by atoms with Crippen molar-refractivity contribution in [2.24, 2.45) is 13.0 Å². The highest BCUT2D eigenvalue weighted by molar-refractivity contribution is 7.99. The van der Waals surface area contributed by atoms with Gasteiger partial charge in [0.25, 0.3) is 0 Å². The summed E-state index contributed by atoms with van der Waals surface area (Å²) in [5.74, 6) is -1.08. The number of H-pyrrole nitrogens is 1. The molecule has 0 aliphatic heterocycles. The van der Waals surface area contributed by atoms with Crippen LogP contribution in [-0.2, 0) is 11.8 Å². The van der Waals surface area contributed by atoms with Crippen molar-refractivity contribution in [2.75, 3.05) is 0 Å². The van der Waals surface area contributed by atoms with Crippen LogP contribution in [0.1, 0.15) is 32.1 Å². The number of carboxylic acid groups (broad SMARTS) is 1. The summed E-state index contributed by atoms with van der Waals surface area (Å²) < 4.78 is 1.43. The van der Waals surface area contributed by atoms with Gasteiger partial charge in [0.2, 0.25) is 0 Å². The van der Waals surface area contributed by atoms with Crippen molar-refractivity contribution in [3.05, 3.63) is 10.5 Å². The molecule has 2 rings (SSSR count). The summed E-state index contributed by atoms with van der Waals surface area (Å²) in [5, 5.41) is 16.1. The lowest BCUT2D eigenvalue weighted by Crippen LogP contribution is -2.25. The minimum Gasteiger partial charge on any atom is -0.481 e. The fraction of sp³-hybridized carbons (Fsp3) is 0.727. The van der Waals surface area contributed by atoms with Crippen LogP contribution in [0, 0.1) is 5.92 Å². The van der Waals surface area contributed by atoms with E-state index in [-0.39, 0.29) is 16.9 Å². The quantitative estimate of drug-likeness (QED) is 0.807. The van der Waals surface area contributed by atoms with Crippen molar-refractivity contribution in [2.45, 2.75) is 42.5 Å². The topological polar surface area (TPSA) is 88.0 Å². The van der Waals surface area contributed by atoms with Gasteiger partial charge in [-0.3, -0.25) is 9.36 Å². The van der Waals surface area contributed by atoms with Gasteiger partial charge in [0.1, 0.15) is 0 Å². The second-order valence-corrected chi connectivity index (χ2v) is 5.82. The van der Waals surface area contributed by atoms with Gasteiger partial charge >= 0.3 is 11.7 Å². The normalized spacial score (nSPS) is 24.7. The molecular weight excluding hydrogens is 254 g/mol. The molecule has 0 spiro atoms. The largest absolute Gasteiger partial charge is 0.481 e. The summed E-state index contributed by atoms with van der Waals surface area (Å²) >= 11 is 1.40. The fourth-order valence-corrected chi connectivity index (χ4v) is 3.58. The number of hydrogen-bond acceptors (Lipinski definition) is 4. The number of rotatable bonds is 3. The maximum atomic E-state index is 11.3. The van der Waals surface area contributed by atoms with Gasteiger partial charge in [0.05, 0.1) is 5.92 Å². The minimum absolute atomic E-state index is 0.00102. The van der Waals surface area contributed by atoms with Crippen molar-refractivity contribution in [3.8, 4) is 0 Å². The lowest BCUT2D eigenvalue weighted by Gasteiger charge is -2.19. The van der Waals surface area contributed by atoms with Gasteiger partial charge < -0.3 is 5.11 Å². The van der Waals surface area contributed by atoms with E-state index in [0.29, 0.717) is 11.6 Å². The molecule has 2 N–H and O–H groups in total. The first-order valence-corrected chi connectivity index (χ1v) is 6.98. The predicted molar refractivity (Wildman–Crippen MR) is 67.7 cm³/mol. The summed E-state index contributed by atoms with van der Waals surface area (Å²) in [7, 11) is 1.64. The van der Waals surface area contributed by atoms with Crippen LogP contribution < -0.4 is 5.69 Å². The molecule has 1 aromatic heterocycles. The molecular formula is C11H17N3O3S. The molecule has 0 radical (unpaired) electrons. The molecule has 1 aromatic rings. The molecule has 1 aliphatic rings. The number of nitrogens with zero attached hydrogens (tertiary/aromatic N) is 2. The Kier molecular flexibility index (Phi) is 4.11. The number of aliphatic carboxylic acids is 1. The molecule has 1 saturated carbocycles. The van der Waals surface area contributed by atoms with E-state index in [1.54, 1.807) is 7.05 Å². The first-order chi connectivity index (χ1) is 8.59. The Morgan fingerprint density at radius 3 is 2.78 bits per heavy atom. The minimum atomic E-state index is -0.741. The Bertz CT molecular complexity index is 482. The standard InChI is InChI=1S/C11H17N3O3S/c1-14-10(17)12-13-11(14)18-8-6-4-2-3-5-7(8)9(15)16/h7-8H,2-6H2,1H3,(H,12,17)(H,15,16). The second kappa shape index (κ2) is 5.60. The molecule has 0 aromatic carbocycles. The summed E-state index contributed by atoms with van der Waals surface area (Å²) in [6, 6.07) is 0. The highest BCUT2D eigenvalue weighted by Gasteiger charge is 2.31. The predicted octanol–water partition coefficient (Wildman–Crippen LogP) is 1.23. The molecule has 1 fully saturated rings. The van der Waals surface area contributed by atoms with E-state index >= 15 is 0 Å². The third-order valence-electron chi connectivity index (χ3n) is 3.37. The number of carbonyl (C=O) groups is 1. The molecule has 100 valence electrons. The molecule has 0 amide bonds. The van der Waals surface area contributed by atoms with E-state index in [9.17, 15) is 14.7 Å². The number of nitrogens with one attached hydrogen (secondary N) is 1. The molecule has 0 bridgehead atoms. The van der Waals surface area contributed by atoms with Crippen LogP contribution in [0.25, 0.3) is 0 Å². The third-order valence-corrected chi connectivity index (χ3v) is 4.81. The Morgan fingerprint density at radius 2 is 2.17 bits per heavy atom. The smallest absolute Gasteiger partial charge is 0.343 e. The summed E-state index contributed by atoms with van der Waals surface area (Å²) in [6.07, 6.45) is 4.67. The highest BCUT2D eigenvalue weighted by atomic mass is 32.2. The van der Waals surface area contributed by atoms with Crippen LogP contribution in [0.2, 0.25) is 0 Å². The Hall–Kier alpha value is -1.24. The zero-order valence-corrected chi connectivity index (χ0v) is 11.1. The monoisotopic (exact) mass is 271 g/mol. The van der Waals surface area contributed by atoms with Crippen LogP contribution >= 0.6 is 11.8 Å². The van der Waals surface area contributed by atoms with Crippen LogP contribution in [0.5, 0.6) is 0 Å². The number of hydrogen-bond donors (Lipinski definition) is 2. The average Bonchev–Trinajstić information content (AvgIpc) is 2.57. The molecule has 7 heteroatoms. The zero-order valence-electron chi connectivity index (χ0n) is 10.3. The maximum absolute atomic E-state index is 11.3. The Labute approximate surface area is 109 Å². The zero-order chi connectivity index (χ0) is 13.1. The number of carboxylic acids is 1. The van der Waals surface area contributed by atoms with Gasteiger partial charge in [-0.05, 0) is 12.8 Å². The van der Waals surface area contributed by atoms with Gasteiger partial charge in [-0.15, -0.1) is 5.10 Å². The second-order valence-electron chi connectivity index (χ2n) is 4.61. The van der Waals surface area contributed by atoms with Crippen molar-refractivity contribution in [1.82, 2.24) is 14.8 Å². The van der Waals surface area contributed by atoms with E-state index in [0.717, 1.165) is 25.7 Å². The summed E-state index contributed by atoms with van der Waals surface area (Å²) in [4.78, 5) is 22.6. The third kappa shape index (κ3) is 2.77. The lowest BCUT2D eigenvalue weighted by atomic mass is 10.0. The Balaban J connectivity index is 2.16. The number of thioether (sulfide) groups is 1. The maximum Gasteiger partial charge on any atom is 0.343 e. The van der Waals surface area contributed by atoms with Crippen LogP contribution in [0.15, 0.2) is 9.95 Å². The molecule has 2 atom stereocenters. The van der Waals surface area contributed by atoms with Gasteiger partial charge in [0, 0.05) is 12.3 Å². The van der Waals surface area contributed by atoms with Crippen molar-refractivity contribution >= 4 is 17.7 Å². The van der Waals surface area contributed by atoms with Gasteiger partial charge in [-0.2, -0.15) is 0 Å². The molecule has 2 unspecified atom stereocenters. The van der Waals surface area contributed by atoms with E-state index in [2.05, 4.69) is 10.2 Å². The van der Waals surface area contributed by atoms with E-state index in [1.165, 1.54) is 16.3 Å². The van der Waals surface area contributed by atoms with Gasteiger partial charge in [-0.25, -0.2) is 9.89 Å². The van der Waals surface area contributed by atoms with Crippen LogP contribution in [-0.4, -0.2) is 31.1 Å². The lowest BCUT2D eigenvalue weighted by molar-refractivity contribution is -0.141. The average molecular weight is 271 g/mol. The summed E-state index contributed by atoms with van der Waals surface area (Å²) in [5.41, 5.74) is -0.266.